The number of fused-ring (bicyclic) bond motifs is 2. The van der Waals surface area contributed by atoms with E-state index in [4.69, 9.17) is 9.51 Å². The number of likely N-dealkylation sites (N-methyl/N-ethyl adjacent to an activating group) is 1. The molecule has 3 rings (SSSR count). The first-order valence-electron chi connectivity index (χ1n) is 8.67. The second-order valence-corrected chi connectivity index (χ2v) is 7.39. The normalized spacial score (nSPS) is 31.0. The van der Waals surface area contributed by atoms with E-state index in [-0.39, 0.29) is 0 Å². The van der Waals surface area contributed by atoms with Gasteiger partial charge in [-0.25, -0.2) is 0 Å². The predicted octanol–water partition coefficient (Wildman–Crippen LogP) is 3.71. The largest absolute Gasteiger partial charge is 0.339 e. The Bertz CT molecular complexity index is 470. The summed E-state index contributed by atoms with van der Waals surface area (Å²) < 4.78 is 5.67. The van der Waals surface area contributed by atoms with Crippen molar-refractivity contribution >= 4 is 0 Å². The fourth-order valence-electron chi connectivity index (χ4n) is 4.62. The molecule has 118 valence electrons. The third-order valence-electron chi connectivity index (χ3n) is 5.60. The molecule has 0 radical (unpaired) electrons. The van der Waals surface area contributed by atoms with Crippen LogP contribution < -0.4 is 5.32 Å². The standard InChI is InChI=1S/C17H29N3O/c1-5-18-11(4)15(10(2)3)17-19-16(20-21-17)14-9-12-6-7-13(14)8-12/h10-15,18H,5-9H2,1-4H3. The third kappa shape index (κ3) is 2.87. The zero-order valence-electron chi connectivity index (χ0n) is 13.8. The molecule has 1 aromatic heterocycles. The van der Waals surface area contributed by atoms with E-state index in [1.165, 1.54) is 25.7 Å². The van der Waals surface area contributed by atoms with Gasteiger partial charge < -0.3 is 9.84 Å². The van der Waals surface area contributed by atoms with Gasteiger partial charge in [-0.1, -0.05) is 32.3 Å². The van der Waals surface area contributed by atoms with Gasteiger partial charge in [-0.2, -0.15) is 4.98 Å². The first kappa shape index (κ1) is 15.0. The number of aromatic nitrogens is 2. The highest BCUT2D eigenvalue weighted by molar-refractivity contribution is 5.08. The number of hydrogen-bond donors (Lipinski definition) is 1. The molecular weight excluding hydrogens is 262 g/mol. The lowest BCUT2D eigenvalue weighted by Gasteiger charge is -2.24. The van der Waals surface area contributed by atoms with Gasteiger partial charge in [0, 0.05) is 12.0 Å². The molecule has 21 heavy (non-hydrogen) atoms. The first-order chi connectivity index (χ1) is 10.1. The predicted molar refractivity (Wildman–Crippen MR) is 83.2 cm³/mol. The van der Waals surface area contributed by atoms with Crippen molar-refractivity contribution in [3.8, 4) is 0 Å². The summed E-state index contributed by atoms with van der Waals surface area (Å²) in [6.07, 6.45) is 5.44. The summed E-state index contributed by atoms with van der Waals surface area (Å²) in [5.74, 6) is 4.89. The maximum Gasteiger partial charge on any atom is 0.231 e. The van der Waals surface area contributed by atoms with Crippen LogP contribution >= 0.6 is 0 Å². The second-order valence-electron chi connectivity index (χ2n) is 7.39. The molecule has 1 aromatic rings. The second kappa shape index (κ2) is 6.07. The molecule has 0 aromatic carbocycles. The molecule has 2 bridgehead atoms. The van der Waals surface area contributed by atoms with E-state index < -0.39 is 0 Å². The van der Waals surface area contributed by atoms with Gasteiger partial charge in [0.15, 0.2) is 5.82 Å². The van der Waals surface area contributed by atoms with Crippen molar-refractivity contribution in [1.29, 1.82) is 0 Å². The van der Waals surface area contributed by atoms with Crippen molar-refractivity contribution in [1.82, 2.24) is 15.5 Å². The highest BCUT2D eigenvalue weighted by Gasteiger charge is 2.42. The van der Waals surface area contributed by atoms with Gasteiger partial charge in [0.2, 0.25) is 5.89 Å². The van der Waals surface area contributed by atoms with Crippen LogP contribution in [0.2, 0.25) is 0 Å². The molecule has 0 spiro atoms. The number of rotatable bonds is 6. The minimum absolute atomic E-state index is 0.296. The van der Waals surface area contributed by atoms with Crippen LogP contribution in [0.5, 0.6) is 0 Å². The lowest BCUT2D eigenvalue weighted by atomic mass is 9.87. The molecular formula is C17H29N3O. The van der Waals surface area contributed by atoms with Gasteiger partial charge in [0.1, 0.15) is 0 Å². The Morgan fingerprint density at radius 1 is 1.24 bits per heavy atom. The molecule has 4 heteroatoms. The molecule has 0 aliphatic heterocycles. The number of nitrogens with zero attached hydrogens (tertiary/aromatic N) is 2. The van der Waals surface area contributed by atoms with Crippen molar-refractivity contribution in [2.75, 3.05) is 6.54 Å². The maximum absolute atomic E-state index is 5.67. The summed E-state index contributed by atoms with van der Waals surface area (Å²) in [6, 6.07) is 0.364. The van der Waals surface area contributed by atoms with E-state index in [9.17, 15) is 0 Å². The van der Waals surface area contributed by atoms with E-state index in [0.717, 1.165) is 30.1 Å². The molecule has 2 aliphatic rings. The highest BCUT2D eigenvalue weighted by atomic mass is 16.5. The van der Waals surface area contributed by atoms with Gasteiger partial charge in [-0.15, -0.1) is 0 Å². The maximum atomic E-state index is 5.67. The van der Waals surface area contributed by atoms with Crippen LogP contribution in [0.15, 0.2) is 4.52 Å². The summed E-state index contributed by atoms with van der Waals surface area (Å²) in [5.41, 5.74) is 0. The quantitative estimate of drug-likeness (QED) is 0.868. The SMILES string of the molecule is CCNC(C)C(c1nc(C2CC3CCC2C3)no1)C(C)C. The molecule has 0 amide bonds. The van der Waals surface area contributed by atoms with Crippen molar-refractivity contribution in [2.45, 2.75) is 71.3 Å². The molecule has 5 atom stereocenters. The Labute approximate surface area is 128 Å². The van der Waals surface area contributed by atoms with Gasteiger partial charge in [-0.3, -0.25) is 0 Å². The summed E-state index contributed by atoms with van der Waals surface area (Å²) in [4.78, 5) is 4.82. The van der Waals surface area contributed by atoms with E-state index in [1.54, 1.807) is 0 Å². The molecule has 1 heterocycles. The number of nitrogens with one attached hydrogen (secondary N) is 1. The lowest BCUT2D eigenvalue weighted by molar-refractivity contribution is 0.278. The number of hydrogen-bond acceptors (Lipinski definition) is 4. The van der Waals surface area contributed by atoms with Crippen molar-refractivity contribution < 1.29 is 4.52 Å². The first-order valence-corrected chi connectivity index (χ1v) is 8.67. The topological polar surface area (TPSA) is 51.0 Å². The lowest BCUT2D eigenvalue weighted by Crippen LogP contribution is -2.34. The van der Waals surface area contributed by atoms with Crippen molar-refractivity contribution in [2.24, 2.45) is 17.8 Å². The minimum atomic E-state index is 0.296. The zero-order valence-corrected chi connectivity index (χ0v) is 13.8. The Morgan fingerprint density at radius 2 is 2.05 bits per heavy atom. The Morgan fingerprint density at radius 3 is 2.62 bits per heavy atom. The van der Waals surface area contributed by atoms with E-state index >= 15 is 0 Å². The average Bonchev–Trinajstić information content (AvgIpc) is 3.14. The third-order valence-corrected chi connectivity index (χ3v) is 5.60. The van der Waals surface area contributed by atoms with E-state index in [0.29, 0.717) is 23.8 Å². The summed E-state index contributed by atoms with van der Waals surface area (Å²) in [7, 11) is 0. The highest BCUT2D eigenvalue weighted by Crippen LogP contribution is 2.52. The minimum Gasteiger partial charge on any atom is -0.339 e. The average molecular weight is 291 g/mol. The van der Waals surface area contributed by atoms with Crippen LogP contribution in [0.25, 0.3) is 0 Å². The summed E-state index contributed by atoms with van der Waals surface area (Å²) in [6.45, 7) is 9.80. The molecule has 4 nitrogen and oxygen atoms in total. The Balaban J connectivity index is 1.76. The van der Waals surface area contributed by atoms with Crippen molar-refractivity contribution in [3.05, 3.63) is 11.7 Å². The molecule has 0 saturated heterocycles. The monoisotopic (exact) mass is 291 g/mol. The van der Waals surface area contributed by atoms with Crippen LogP contribution in [0.1, 0.15) is 76.9 Å². The fraction of sp³-hybridized carbons (Fsp3) is 0.882. The summed E-state index contributed by atoms with van der Waals surface area (Å²) in [5, 5.41) is 7.85. The van der Waals surface area contributed by atoms with Crippen molar-refractivity contribution in [3.63, 3.8) is 0 Å². The Hall–Kier alpha value is -0.900. The van der Waals surface area contributed by atoms with Crippen LogP contribution in [0.3, 0.4) is 0 Å². The van der Waals surface area contributed by atoms with E-state index in [2.05, 4.69) is 38.2 Å². The van der Waals surface area contributed by atoms with Gasteiger partial charge >= 0.3 is 0 Å². The van der Waals surface area contributed by atoms with Crippen LogP contribution in [0, 0.1) is 17.8 Å². The Kier molecular flexibility index (Phi) is 4.34. The molecule has 2 fully saturated rings. The molecule has 2 saturated carbocycles. The van der Waals surface area contributed by atoms with Gasteiger partial charge in [0.25, 0.3) is 0 Å². The summed E-state index contributed by atoms with van der Waals surface area (Å²) >= 11 is 0. The smallest absolute Gasteiger partial charge is 0.231 e. The fourth-order valence-corrected chi connectivity index (χ4v) is 4.62. The molecule has 5 unspecified atom stereocenters. The van der Waals surface area contributed by atoms with Crippen LogP contribution in [-0.4, -0.2) is 22.7 Å². The zero-order chi connectivity index (χ0) is 15.0. The van der Waals surface area contributed by atoms with Crippen LogP contribution in [0.4, 0.5) is 0 Å². The van der Waals surface area contributed by atoms with Gasteiger partial charge in [-0.05, 0) is 50.5 Å². The molecule has 1 N–H and O–H groups in total. The van der Waals surface area contributed by atoms with Crippen LogP contribution in [-0.2, 0) is 0 Å². The van der Waals surface area contributed by atoms with E-state index in [1.807, 2.05) is 0 Å². The molecule has 2 aliphatic carbocycles. The van der Waals surface area contributed by atoms with Gasteiger partial charge in [0.05, 0.1) is 5.92 Å².